The molecule has 0 bridgehead atoms. The second-order valence-corrected chi connectivity index (χ2v) is 10.2. The van der Waals surface area contributed by atoms with E-state index in [1.165, 1.54) is 0 Å². The van der Waals surface area contributed by atoms with Crippen LogP contribution in [0.1, 0.15) is 52.9 Å². The number of carbonyl (C=O) groups excluding carboxylic acids is 1. The maximum absolute atomic E-state index is 12.1. The molecule has 5 aliphatic rings. The molecule has 3 fully saturated rings. The highest BCUT2D eigenvalue weighted by Gasteiger charge is 2.84. The zero-order valence-corrected chi connectivity index (χ0v) is 16.7. The van der Waals surface area contributed by atoms with Crippen LogP contribution in [-0.4, -0.2) is 69.6 Å². The van der Waals surface area contributed by atoms with Crippen molar-refractivity contribution in [3.63, 3.8) is 0 Å². The van der Waals surface area contributed by atoms with Crippen molar-refractivity contribution in [3.05, 3.63) is 11.1 Å². The van der Waals surface area contributed by atoms with E-state index >= 15 is 0 Å². The van der Waals surface area contributed by atoms with Crippen molar-refractivity contribution in [3.8, 4) is 0 Å². The standard InChI is InChI=1S/C21H30O7/c1-18(2,24)10-27-14-8-15(22)20(25)7-5-13-12-9-26-17(23)11(12)4-6-19(13,3)21(20)16(14)28-21/h13-16,22,24-25H,4-10H2,1-3H3/t13-,14+,15+,16-,19-,20+,21+/m0/s1. The van der Waals surface area contributed by atoms with E-state index in [0.717, 1.165) is 11.1 Å². The molecule has 7 atom stereocenters. The van der Waals surface area contributed by atoms with E-state index in [4.69, 9.17) is 14.2 Å². The number of epoxide rings is 1. The average Bonchev–Trinajstić information content (AvgIpc) is 3.28. The lowest BCUT2D eigenvalue weighted by atomic mass is 9.46. The van der Waals surface area contributed by atoms with Gasteiger partial charge in [-0.15, -0.1) is 0 Å². The number of cyclic esters (lactones) is 1. The van der Waals surface area contributed by atoms with Crippen LogP contribution in [0, 0.1) is 11.3 Å². The summed E-state index contributed by atoms with van der Waals surface area (Å²) in [7, 11) is 0. The Morgan fingerprint density at radius 3 is 2.79 bits per heavy atom. The Kier molecular flexibility index (Phi) is 3.78. The van der Waals surface area contributed by atoms with Gasteiger partial charge in [0.25, 0.3) is 0 Å². The van der Waals surface area contributed by atoms with Crippen LogP contribution in [0.5, 0.6) is 0 Å². The number of rotatable bonds is 3. The Labute approximate surface area is 164 Å². The van der Waals surface area contributed by atoms with Crippen molar-refractivity contribution in [1.82, 2.24) is 0 Å². The summed E-state index contributed by atoms with van der Waals surface area (Å²) in [5, 5.41) is 32.6. The number of hydrogen-bond donors (Lipinski definition) is 3. The predicted octanol–water partition coefficient (Wildman–Crippen LogP) is 0.839. The second-order valence-electron chi connectivity index (χ2n) is 10.2. The third-order valence-corrected chi connectivity index (χ3v) is 8.03. The van der Waals surface area contributed by atoms with Gasteiger partial charge in [0.2, 0.25) is 0 Å². The minimum Gasteiger partial charge on any atom is -0.458 e. The van der Waals surface area contributed by atoms with Crippen LogP contribution in [0.25, 0.3) is 0 Å². The Bertz CT molecular complexity index is 754. The van der Waals surface area contributed by atoms with Gasteiger partial charge in [-0.3, -0.25) is 0 Å². The van der Waals surface area contributed by atoms with Gasteiger partial charge in [0.15, 0.2) is 0 Å². The van der Waals surface area contributed by atoms with Crippen LogP contribution in [0.3, 0.4) is 0 Å². The van der Waals surface area contributed by atoms with Gasteiger partial charge in [-0.25, -0.2) is 4.79 Å². The fourth-order valence-electron chi connectivity index (χ4n) is 6.68. The Hall–Kier alpha value is -0.990. The fourth-order valence-corrected chi connectivity index (χ4v) is 6.68. The number of hydrogen-bond acceptors (Lipinski definition) is 7. The Balaban J connectivity index is 1.51. The van der Waals surface area contributed by atoms with Crippen LogP contribution in [-0.2, 0) is 19.0 Å². The first-order valence-corrected chi connectivity index (χ1v) is 10.3. The molecule has 0 amide bonds. The van der Waals surface area contributed by atoms with Gasteiger partial charge in [-0.05, 0) is 51.0 Å². The molecular weight excluding hydrogens is 364 g/mol. The molecule has 0 unspecified atom stereocenters. The monoisotopic (exact) mass is 394 g/mol. The number of carbonyl (C=O) groups is 1. The Morgan fingerprint density at radius 2 is 2.07 bits per heavy atom. The average molecular weight is 394 g/mol. The summed E-state index contributed by atoms with van der Waals surface area (Å²) in [4.78, 5) is 12.1. The topological polar surface area (TPSA) is 109 Å². The molecule has 1 saturated heterocycles. The van der Waals surface area contributed by atoms with Crippen LogP contribution < -0.4 is 0 Å². The summed E-state index contributed by atoms with van der Waals surface area (Å²) >= 11 is 0. The van der Waals surface area contributed by atoms with Gasteiger partial charge in [-0.2, -0.15) is 0 Å². The van der Waals surface area contributed by atoms with Crippen molar-refractivity contribution in [2.24, 2.45) is 11.3 Å². The first-order chi connectivity index (χ1) is 13.0. The summed E-state index contributed by atoms with van der Waals surface area (Å²) in [6, 6.07) is 0. The maximum atomic E-state index is 12.1. The van der Waals surface area contributed by atoms with E-state index < -0.39 is 28.3 Å². The normalized spacial score (nSPS) is 49.7. The highest BCUT2D eigenvalue weighted by molar-refractivity contribution is 5.92. The summed E-state index contributed by atoms with van der Waals surface area (Å²) in [5.41, 5.74) is -1.75. The lowest BCUT2D eigenvalue weighted by Gasteiger charge is -2.59. The molecule has 28 heavy (non-hydrogen) atoms. The molecule has 0 radical (unpaired) electrons. The SMILES string of the molecule is CC(C)(O)CO[C@@H]1C[C@@H](O)[C@]2(O)CC[C@H]3C4=C(CC[C@]3(C)[C@@]23O[C@@H]13)C(=O)OC4. The molecule has 0 aromatic heterocycles. The summed E-state index contributed by atoms with van der Waals surface area (Å²) in [6.45, 7) is 5.94. The number of aliphatic hydroxyl groups excluding tert-OH is 1. The van der Waals surface area contributed by atoms with Crippen LogP contribution in [0.2, 0.25) is 0 Å². The highest BCUT2D eigenvalue weighted by atomic mass is 16.7. The van der Waals surface area contributed by atoms with Crippen molar-refractivity contribution < 1.29 is 34.3 Å². The van der Waals surface area contributed by atoms with Crippen molar-refractivity contribution in [2.75, 3.05) is 13.2 Å². The molecule has 7 heteroatoms. The molecule has 156 valence electrons. The number of aliphatic hydroxyl groups is 3. The largest absolute Gasteiger partial charge is 0.458 e. The third-order valence-electron chi connectivity index (χ3n) is 8.03. The van der Waals surface area contributed by atoms with E-state index in [0.29, 0.717) is 32.3 Å². The molecule has 2 saturated carbocycles. The van der Waals surface area contributed by atoms with Gasteiger partial charge < -0.3 is 29.5 Å². The quantitative estimate of drug-likeness (QED) is 0.481. The second kappa shape index (κ2) is 5.58. The van der Waals surface area contributed by atoms with Gasteiger partial charge in [-0.1, -0.05) is 6.92 Å². The first-order valence-electron chi connectivity index (χ1n) is 10.3. The van der Waals surface area contributed by atoms with E-state index in [1.54, 1.807) is 13.8 Å². The summed E-state index contributed by atoms with van der Waals surface area (Å²) in [5.74, 6) is -0.119. The van der Waals surface area contributed by atoms with Gasteiger partial charge in [0, 0.05) is 17.4 Å². The lowest BCUT2D eigenvalue weighted by molar-refractivity contribution is -0.215. The highest BCUT2D eigenvalue weighted by Crippen LogP contribution is 2.72. The molecule has 7 nitrogen and oxygen atoms in total. The van der Waals surface area contributed by atoms with Crippen molar-refractivity contribution in [1.29, 1.82) is 0 Å². The fraction of sp³-hybridized carbons (Fsp3) is 0.857. The minimum absolute atomic E-state index is 0.0909. The molecule has 5 rings (SSSR count). The summed E-state index contributed by atoms with van der Waals surface area (Å²) in [6.07, 6.45) is 1.07. The molecule has 1 spiro atoms. The van der Waals surface area contributed by atoms with Gasteiger partial charge in [0.1, 0.15) is 23.9 Å². The molecular formula is C21H30O7. The zero-order valence-electron chi connectivity index (χ0n) is 16.7. The van der Waals surface area contributed by atoms with Gasteiger partial charge >= 0.3 is 5.97 Å². The van der Waals surface area contributed by atoms with E-state index in [9.17, 15) is 20.1 Å². The summed E-state index contributed by atoms with van der Waals surface area (Å²) < 4.78 is 17.6. The van der Waals surface area contributed by atoms with Gasteiger partial charge in [0.05, 0.1) is 24.4 Å². The number of fused-ring (bicyclic) bond motifs is 2. The minimum atomic E-state index is -1.32. The van der Waals surface area contributed by atoms with Crippen LogP contribution in [0.4, 0.5) is 0 Å². The molecule has 3 aliphatic carbocycles. The van der Waals surface area contributed by atoms with Crippen molar-refractivity contribution in [2.45, 2.75) is 88.0 Å². The maximum Gasteiger partial charge on any atom is 0.334 e. The molecule has 2 heterocycles. The predicted molar refractivity (Wildman–Crippen MR) is 97.3 cm³/mol. The van der Waals surface area contributed by atoms with Crippen molar-refractivity contribution >= 4 is 5.97 Å². The number of ether oxygens (including phenoxy) is 3. The molecule has 2 aliphatic heterocycles. The van der Waals surface area contributed by atoms with Crippen LogP contribution >= 0.6 is 0 Å². The lowest BCUT2D eigenvalue weighted by Crippen LogP contribution is -2.71. The Morgan fingerprint density at radius 1 is 1.32 bits per heavy atom. The molecule has 0 aromatic carbocycles. The van der Waals surface area contributed by atoms with E-state index in [-0.39, 0.29) is 37.1 Å². The zero-order chi connectivity index (χ0) is 20.1. The third kappa shape index (κ3) is 2.20. The van der Waals surface area contributed by atoms with Crippen LogP contribution in [0.15, 0.2) is 11.1 Å². The van der Waals surface area contributed by atoms with E-state index in [1.807, 2.05) is 0 Å². The molecule has 3 N–H and O–H groups in total. The first kappa shape index (κ1) is 19.0. The van der Waals surface area contributed by atoms with E-state index in [2.05, 4.69) is 6.92 Å². The number of esters is 1. The smallest absolute Gasteiger partial charge is 0.334 e. The molecule has 0 aromatic rings.